The third kappa shape index (κ3) is 2.41. The molecule has 0 N–H and O–H groups in total. The molecule has 2 nitrogen and oxygen atoms in total. The molecule has 1 aromatic carbocycles. The molecule has 0 aliphatic heterocycles. The van der Waals surface area contributed by atoms with Gasteiger partial charge < -0.3 is 4.74 Å². The first-order valence-electron chi connectivity index (χ1n) is 5.17. The number of Topliss-reactive ketones (excluding diaryl/α,β-unsaturated/α-hetero) is 1. The minimum atomic E-state index is 0.00681. The molecule has 0 unspecified atom stereocenters. The number of hydrogen-bond donors (Lipinski definition) is 0. The zero-order chi connectivity index (χ0) is 10.7. The van der Waals surface area contributed by atoms with Gasteiger partial charge in [-0.1, -0.05) is 18.2 Å². The van der Waals surface area contributed by atoms with Crippen molar-refractivity contribution in [3.63, 3.8) is 0 Å². The highest BCUT2D eigenvalue weighted by Gasteiger charge is 2.40. The molecule has 0 saturated heterocycles. The van der Waals surface area contributed by atoms with Crippen LogP contribution >= 0.6 is 11.8 Å². The number of ketones is 1. The van der Waals surface area contributed by atoms with E-state index in [0.29, 0.717) is 18.8 Å². The molecular formula is C12H14O2S. The molecule has 15 heavy (non-hydrogen) atoms. The maximum atomic E-state index is 11.4. The SMILES string of the molecule is CCO[C@H]1CC(=O)[C@@H]1Sc1ccccc1. The third-order valence-corrected chi connectivity index (χ3v) is 3.81. The minimum Gasteiger partial charge on any atom is -0.376 e. The zero-order valence-electron chi connectivity index (χ0n) is 8.68. The van der Waals surface area contributed by atoms with Gasteiger partial charge in [-0.15, -0.1) is 11.8 Å². The van der Waals surface area contributed by atoms with Crippen molar-refractivity contribution in [2.75, 3.05) is 6.61 Å². The number of rotatable bonds is 4. The number of thioether (sulfide) groups is 1. The van der Waals surface area contributed by atoms with Gasteiger partial charge in [0.1, 0.15) is 0 Å². The van der Waals surface area contributed by atoms with Crippen molar-refractivity contribution in [2.45, 2.75) is 29.6 Å². The predicted molar refractivity (Wildman–Crippen MR) is 61.1 cm³/mol. The van der Waals surface area contributed by atoms with Gasteiger partial charge in [0, 0.05) is 17.9 Å². The zero-order valence-corrected chi connectivity index (χ0v) is 9.50. The summed E-state index contributed by atoms with van der Waals surface area (Å²) in [5, 5.41) is 0.00681. The second-order valence-electron chi connectivity index (χ2n) is 3.52. The summed E-state index contributed by atoms with van der Waals surface area (Å²) in [7, 11) is 0. The van der Waals surface area contributed by atoms with Crippen molar-refractivity contribution in [3.8, 4) is 0 Å². The molecule has 1 aromatic rings. The van der Waals surface area contributed by atoms with Crippen LogP contribution in [0.2, 0.25) is 0 Å². The van der Waals surface area contributed by atoms with Gasteiger partial charge in [-0.05, 0) is 19.1 Å². The van der Waals surface area contributed by atoms with Gasteiger partial charge >= 0.3 is 0 Å². The van der Waals surface area contributed by atoms with Crippen LogP contribution in [0, 0.1) is 0 Å². The number of benzene rings is 1. The third-order valence-electron chi connectivity index (χ3n) is 2.44. The molecule has 0 amide bonds. The number of hydrogen-bond acceptors (Lipinski definition) is 3. The van der Waals surface area contributed by atoms with E-state index in [1.807, 2.05) is 37.3 Å². The largest absolute Gasteiger partial charge is 0.376 e. The van der Waals surface area contributed by atoms with E-state index >= 15 is 0 Å². The van der Waals surface area contributed by atoms with Crippen molar-refractivity contribution >= 4 is 17.5 Å². The number of carbonyl (C=O) groups excluding carboxylic acids is 1. The minimum absolute atomic E-state index is 0.00681. The molecule has 0 spiro atoms. The van der Waals surface area contributed by atoms with E-state index in [-0.39, 0.29) is 11.4 Å². The molecule has 0 bridgehead atoms. The van der Waals surface area contributed by atoms with Gasteiger partial charge in [-0.2, -0.15) is 0 Å². The molecule has 1 aliphatic rings. The second-order valence-corrected chi connectivity index (χ2v) is 4.73. The number of ether oxygens (including phenoxy) is 1. The lowest BCUT2D eigenvalue weighted by Gasteiger charge is -2.33. The summed E-state index contributed by atoms with van der Waals surface area (Å²) in [6.45, 7) is 2.65. The van der Waals surface area contributed by atoms with Gasteiger partial charge in [-0.3, -0.25) is 4.79 Å². The van der Waals surface area contributed by atoms with E-state index in [4.69, 9.17) is 4.74 Å². The smallest absolute Gasteiger partial charge is 0.151 e. The Bertz CT molecular complexity index is 337. The Morgan fingerprint density at radius 1 is 1.40 bits per heavy atom. The Balaban J connectivity index is 1.96. The average molecular weight is 222 g/mol. The van der Waals surface area contributed by atoms with E-state index in [1.165, 1.54) is 0 Å². The average Bonchev–Trinajstić information content (AvgIpc) is 2.27. The predicted octanol–water partition coefficient (Wildman–Crippen LogP) is 2.53. The van der Waals surface area contributed by atoms with E-state index < -0.39 is 0 Å². The first-order chi connectivity index (χ1) is 7.31. The molecular weight excluding hydrogens is 208 g/mol. The maximum absolute atomic E-state index is 11.4. The lowest BCUT2D eigenvalue weighted by molar-refractivity contribution is -0.132. The summed E-state index contributed by atoms with van der Waals surface area (Å²) in [4.78, 5) is 12.6. The molecule has 2 atom stereocenters. The van der Waals surface area contributed by atoms with Gasteiger partial charge in [0.05, 0.1) is 11.4 Å². The Labute approximate surface area is 94.0 Å². The molecule has 1 aliphatic carbocycles. The van der Waals surface area contributed by atoms with Crippen LogP contribution in [0.15, 0.2) is 35.2 Å². The van der Waals surface area contributed by atoms with Crippen LogP contribution in [-0.4, -0.2) is 23.7 Å². The molecule has 80 valence electrons. The van der Waals surface area contributed by atoms with Crippen molar-refractivity contribution in [2.24, 2.45) is 0 Å². The summed E-state index contributed by atoms with van der Waals surface area (Å²) in [5.74, 6) is 0.308. The Hall–Kier alpha value is -0.800. The van der Waals surface area contributed by atoms with Crippen molar-refractivity contribution in [1.82, 2.24) is 0 Å². The van der Waals surface area contributed by atoms with Gasteiger partial charge in [-0.25, -0.2) is 0 Å². The molecule has 0 heterocycles. The van der Waals surface area contributed by atoms with Crippen molar-refractivity contribution < 1.29 is 9.53 Å². The summed E-state index contributed by atoms with van der Waals surface area (Å²) >= 11 is 1.61. The number of carbonyl (C=O) groups is 1. The van der Waals surface area contributed by atoms with Crippen LogP contribution in [0.5, 0.6) is 0 Å². The monoisotopic (exact) mass is 222 g/mol. The van der Waals surface area contributed by atoms with Gasteiger partial charge in [0.15, 0.2) is 5.78 Å². The normalized spacial score (nSPS) is 25.0. The highest BCUT2D eigenvalue weighted by Crippen LogP contribution is 2.35. The van der Waals surface area contributed by atoms with Crippen molar-refractivity contribution in [1.29, 1.82) is 0 Å². The van der Waals surface area contributed by atoms with Gasteiger partial charge in [0.2, 0.25) is 0 Å². The quantitative estimate of drug-likeness (QED) is 0.783. The molecule has 1 saturated carbocycles. The Morgan fingerprint density at radius 3 is 2.73 bits per heavy atom. The topological polar surface area (TPSA) is 26.3 Å². The van der Waals surface area contributed by atoms with Crippen LogP contribution in [0.3, 0.4) is 0 Å². The summed E-state index contributed by atoms with van der Waals surface area (Å²) in [5.41, 5.74) is 0. The highest BCUT2D eigenvalue weighted by atomic mass is 32.2. The molecule has 2 rings (SSSR count). The first kappa shape index (κ1) is 10.7. The fourth-order valence-corrected chi connectivity index (χ4v) is 2.78. The van der Waals surface area contributed by atoms with E-state index in [2.05, 4.69) is 0 Å². The van der Waals surface area contributed by atoms with Crippen LogP contribution in [0.4, 0.5) is 0 Å². The van der Waals surface area contributed by atoms with Crippen LogP contribution in [-0.2, 0) is 9.53 Å². The summed E-state index contributed by atoms with van der Waals surface area (Å²) < 4.78 is 5.49. The van der Waals surface area contributed by atoms with Crippen LogP contribution in [0.1, 0.15) is 13.3 Å². The lowest BCUT2D eigenvalue weighted by Crippen LogP contribution is -2.46. The second kappa shape index (κ2) is 4.81. The van der Waals surface area contributed by atoms with E-state index in [0.717, 1.165) is 4.90 Å². The van der Waals surface area contributed by atoms with Crippen molar-refractivity contribution in [3.05, 3.63) is 30.3 Å². The molecule has 3 heteroatoms. The standard InChI is InChI=1S/C12H14O2S/c1-2-14-11-8-10(13)12(11)15-9-6-4-3-5-7-9/h3-7,11-12H,2,8H2,1H3/t11-,12-/m0/s1. The summed E-state index contributed by atoms with van der Waals surface area (Å²) in [6, 6.07) is 10.0. The molecule has 0 radical (unpaired) electrons. The fourth-order valence-electron chi connectivity index (χ4n) is 1.62. The lowest BCUT2D eigenvalue weighted by atomic mass is 9.93. The Morgan fingerprint density at radius 2 is 2.13 bits per heavy atom. The van der Waals surface area contributed by atoms with Gasteiger partial charge in [0.25, 0.3) is 0 Å². The van der Waals surface area contributed by atoms with E-state index in [9.17, 15) is 4.79 Å². The highest BCUT2D eigenvalue weighted by molar-refractivity contribution is 8.00. The van der Waals surface area contributed by atoms with Crippen LogP contribution in [0.25, 0.3) is 0 Å². The summed E-state index contributed by atoms with van der Waals surface area (Å²) in [6.07, 6.45) is 0.700. The molecule has 1 fully saturated rings. The first-order valence-corrected chi connectivity index (χ1v) is 6.05. The Kier molecular flexibility index (Phi) is 3.44. The fraction of sp³-hybridized carbons (Fsp3) is 0.417. The van der Waals surface area contributed by atoms with Crippen LogP contribution < -0.4 is 0 Å². The molecule has 0 aromatic heterocycles. The van der Waals surface area contributed by atoms with E-state index in [1.54, 1.807) is 11.8 Å². The maximum Gasteiger partial charge on any atom is 0.151 e.